The normalized spacial score (nSPS) is 24.8. The molecule has 3 heteroatoms. The monoisotopic (exact) mass is 182 g/mol. The van der Waals surface area contributed by atoms with Crippen LogP contribution in [0.15, 0.2) is 0 Å². The average Bonchev–Trinajstić information content (AvgIpc) is 2.78. The van der Waals surface area contributed by atoms with E-state index in [1.165, 1.54) is 25.7 Å². The predicted octanol–water partition coefficient (Wildman–Crippen LogP) is 0.749. The molecule has 1 N–H and O–H groups in total. The highest BCUT2D eigenvalue weighted by atomic mass is 16.2. The number of carbonyl (C=O) groups excluding carboxylic acids is 1. The van der Waals surface area contributed by atoms with Crippen molar-refractivity contribution in [2.24, 2.45) is 0 Å². The van der Waals surface area contributed by atoms with Crippen molar-refractivity contribution < 1.29 is 4.79 Å². The van der Waals surface area contributed by atoms with Gasteiger partial charge >= 0.3 is 0 Å². The molecule has 2 aliphatic rings. The van der Waals surface area contributed by atoms with Gasteiger partial charge in [0.2, 0.25) is 5.91 Å². The van der Waals surface area contributed by atoms with Gasteiger partial charge in [0.05, 0.1) is 6.04 Å². The predicted molar refractivity (Wildman–Crippen MR) is 51.4 cm³/mol. The molecule has 1 amide bonds. The highest BCUT2D eigenvalue weighted by Gasteiger charge is 2.28. The van der Waals surface area contributed by atoms with Gasteiger partial charge in [0.15, 0.2) is 0 Å². The van der Waals surface area contributed by atoms with Crippen LogP contribution in [-0.2, 0) is 4.79 Å². The molecule has 0 aromatic heterocycles. The minimum absolute atomic E-state index is 0.0330. The van der Waals surface area contributed by atoms with Gasteiger partial charge in [-0.1, -0.05) is 0 Å². The summed E-state index contributed by atoms with van der Waals surface area (Å²) in [6.45, 7) is 3.92. The summed E-state index contributed by atoms with van der Waals surface area (Å²) in [4.78, 5) is 13.8. The lowest BCUT2D eigenvalue weighted by atomic mass is 10.3. The molecule has 0 aromatic rings. The Hall–Kier alpha value is -0.570. The number of nitrogens with one attached hydrogen (secondary N) is 1. The first-order valence-corrected chi connectivity index (χ1v) is 5.32. The molecule has 1 heterocycles. The summed E-state index contributed by atoms with van der Waals surface area (Å²) in [5.74, 6) is 0.296. The van der Waals surface area contributed by atoms with Crippen molar-refractivity contribution in [1.29, 1.82) is 0 Å². The number of carbonyl (C=O) groups is 1. The maximum Gasteiger partial charge on any atom is 0.239 e. The molecule has 2 rings (SSSR count). The minimum Gasteiger partial charge on any atom is -0.341 e. The summed E-state index contributed by atoms with van der Waals surface area (Å²) < 4.78 is 0. The van der Waals surface area contributed by atoms with Gasteiger partial charge in [0.1, 0.15) is 0 Å². The van der Waals surface area contributed by atoms with Gasteiger partial charge in [-0.2, -0.15) is 0 Å². The van der Waals surface area contributed by atoms with Crippen molar-refractivity contribution in [2.45, 2.75) is 44.7 Å². The SMILES string of the molecule is C[C@@H](NC1CC1)C(=O)N1CCCC1. The third-order valence-corrected chi connectivity index (χ3v) is 2.85. The first-order chi connectivity index (χ1) is 6.27. The molecule has 0 radical (unpaired) electrons. The van der Waals surface area contributed by atoms with Gasteiger partial charge in [-0.05, 0) is 32.6 Å². The van der Waals surface area contributed by atoms with Crippen LogP contribution in [0.3, 0.4) is 0 Å². The fraction of sp³-hybridized carbons (Fsp3) is 0.900. The minimum atomic E-state index is 0.0330. The maximum absolute atomic E-state index is 11.8. The van der Waals surface area contributed by atoms with E-state index in [0.717, 1.165) is 13.1 Å². The Bertz CT molecular complexity index is 195. The van der Waals surface area contributed by atoms with E-state index < -0.39 is 0 Å². The van der Waals surface area contributed by atoms with Crippen molar-refractivity contribution in [3.8, 4) is 0 Å². The Morgan fingerprint density at radius 2 is 2.00 bits per heavy atom. The fourth-order valence-electron chi connectivity index (χ4n) is 1.89. The van der Waals surface area contributed by atoms with E-state index in [1.807, 2.05) is 11.8 Å². The van der Waals surface area contributed by atoms with E-state index in [0.29, 0.717) is 11.9 Å². The number of likely N-dealkylation sites (tertiary alicyclic amines) is 1. The number of amides is 1. The van der Waals surface area contributed by atoms with Gasteiger partial charge in [0.25, 0.3) is 0 Å². The summed E-state index contributed by atoms with van der Waals surface area (Å²) in [7, 11) is 0. The van der Waals surface area contributed by atoms with Crippen LogP contribution in [0.4, 0.5) is 0 Å². The lowest BCUT2D eigenvalue weighted by Crippen LogP contribution is -2.44. The molecule has 0 bridgehead atoms. The van der Waals surface area contributed by atoms with Crippen LogP contribution < -0.4 is 5.32 Å². The molecule has 1 saturated carbocycles. The second-order valence-electron chi connectivity index (χ2n) is 4.20. The zero-order chi connectivity index (χ0) is 9.26. The van der Waals surface area contributed by atoms with Crippen molar-refractivity contribution in [1.82, 2.24) is 10.2 Å². The maximum atomic E-state index is 11.8. The molecule has 13 heavy (non-hydrogen) atoms. The van der Waals surface area contributed by atoms with Gasteiger partial charge in [-0.15, -0.1) is 0 Å². The Morgan fingerprint density at radius 3 is 2.54 bits per heavy atom. The summed E-state index contributed by atoms with van der Waals surface area (Å²) in [6, 6.07) is 0.659. The zero-order valence-corrected chi connectivity index (χ0v) is 8.25. The highest BCUT2D eigenvalue weighted by molar-refractivity contribution is 5.81. The van der Waals surface area contributed by atoms with E-state index in [4.69, 9.17) is 0 Å². The van der Waals surface area contributed by atoms with Crippen LogP contribution in [0, 0.1) is 0 Å². The van der Waals surface area contributed by atoms with E-state index in [9.17, 15) is 4.79 Å². The Kier molecular flexibility index (Phi) is 2.54. The van der Waals surface area contributed by atoms with Crippen LogP contribution in [-0.4, -0.2) is 36.0 Å². The quantitative estimate of drug-likeness (QED) is 0.698. The van der Waals surface area contributed by atoms with E-state index in [1.54, 1.807) is 0 Å². The molecule has 1 atom stereocenters. The molecular formula is C10H18N2O. The largest absolute Gasteiger partial charge is 0.341 e. The fourth-order valence-corrected chi connectivity index (χ4v) is 1.89. The third-order valence-electron chi connectivity index (χ3n) is 2.85. The molecule has 0 aromatic carbocycles. The lowest BCUT2D eigenvalue weighted by molar-refractivity contribution is -0.132. The van der Waals surface area contributed by atoms with Crippen LogP contribution in [0.5, 0.6) is 0 Å². The van der Waals surface area contributed by atoms with Gasteiger partial charge in [0, 0.05) is 19.1 Å². The second-order valence-corrected chi connectivity index (χ2v) is 4.20. The summed E-state index contributed by atoms with van der Waals surface area (Å²) >= 11 is 0. The standard InChI is InChI=1S/C10H18N2O/c1-8(11-9-4-5-9)10(13)12-6-2-3-7-12/h8-9,11H,2-7H2,1H3/t8-/m1/s1. The molecule has 3 nitrogen and oxygen atoms in total. The molecule has 0 unspecified atom stereocenters. The van der Waals surface area contributed by atoms with Crippen molar-refractivity contribution in [3.63, 3.8) is 0 Å². The second kappa shape index (κ2) is 3.66. The van der Waals surface area contributed by atoms with Crippen LogP contribution in [0.25, 0.3) is 0 Å². The van der Waals surface area contributed by atoms with Crippen molar-refractivity contribution in [2.75, 3.05) is 13.1 Å². The lowest BCUT2D eigenvalue weighted by Gasteiger charge is -2.20. The third kappa shape index (κ3) is 2.21. The van der Waals surface area contributed by atoms with Gasteiger partial charge in [-0.25, -0.2) is 0 Å². The first-order valence-electron chi connectivity index (χ1n) is 5.32. The van der Waals surface area contributed by atoms with Crippen LogP contribution in [0.2, 0.25) is 0 Å². The topological polar surface area (TPSA) is 32.3 Å². The Balaban J connectivity index is 1.79. The Morgan fingerprint density at radius 1 is 1.38 bits per heavy atom. The Labute approximate surface area is 79.5 Å². The first kappa shape index (κ1) is 9.00. The molecule has 1 aliphatic carbocycles. The molecule has 74 valence electrons. The van der Waals surface area contributed by atoms with Crippen molar-refractivity contribution in [3.05, 3.63) is 0 Å². The molecule has 1 aliphatic heterocycles. The number of hydrogen-bond donors (Lipinski definition) is 1. The summed E-state index contributed by atoms with van der Waals surface area (Å²) in [5, 5.41) is 3.34. The van der Waals surface area contributed by atoms with Crippen LogP contribution >= 0.6 is 0 Å². The van der Waals surface area contributed by atoms with Gasteiger partial charge < -0.3 is 10.2 Å². The number of rotatable bonds is 3. The highest BCUT2D eigenvalue weighted by Crippen LogP contribution is 2.20. The number of nitrogens with zero attached hydrogens (tertiary/aromatic N) is 1. The molecule has 2 fully saturated rings. The smallest absolute Gasteiger partial charge is 0.239 e. The van der Waals surface area contributed by atoms with Crippen molar-refractivity contribution >= 4 is 5.91 Å². The van der Waals surface area contributed by atoms with Gasteiger partial charge in [-0.3, -0.25) is 4.79 Å². The summed E-state index contributed by atoms with van der Waals surface area (Å²) in [5.41, 5.74) is 0. The van der Waals surface area contributed by atoms with E-state index in [2.05, 4.69) is 5.32 Å². The van der Waals surface area contributed by atoms with Crippen LogP contribution in [0.1, 0.15) is 32.6 Å². The molecule has 1 saturated heterocycles. The molecule has 0 spiro atoms. The van der Waals surface area contributed by atoms with E-state index in [-0.39, 0.29) is 6.04 Å². The zero-order valence-electron chi connectivity index (χ0n) is 8.25. The number of hydrogen-bond acceptors (Lipinski definition) is 2. The summed E-state index contributed by atoms with van der Waals surface area (Å²) in [6.07, 6.45) is 4.86. The molecular weight excluding hydrogens is 164 g/mol. The van der Waals surface area contributed by atoms with E-state index >= 15 is 0 Å². The average molecular weight is 182 g/mol.